The van der Waals surface area contributed by atoms with E-state index in [2.05, 4.69) is 9.98 Å². The van der Waals surface area contributed by atoms with Gasteiger partial charge in [0, 0.05) is 16.5 Å². The number of hydrogen-bond donors (Lipinski definition) is 2. The first-order chi connectivity index (χ1) is 15.8. The Morgan fingerprint density at radius 1 is 1.00 bits per heavy atom. The van der Waals surface area contributed by atoms with Gasteiger partial charge in [0.05, 0.1) is 34.7 Å². The van der Waals surface area contributed by atoms with Gasteiger partial charge in [-0.2, -0.15) is 13.2 Å². The number of aromatic amines is 1. The number of hydrogen-bond acceptors (Lipinski definition) is 4. The molecule has 0 fully saturated rings. The van der Waals surface area contributed by atoms with Crippen LogP contribution in [0.5, 0.6) is 5.88 Å². The van der Waals surface area contributed by atoms with E-state index in [1.807, 2.05) is 6.07 Å². The number of fused-ring (bicyclic) bond motifs is 1. The van der Waals surface area contributed by atoms with Gasteiger partial charge in [-0.15, -0.1) is 0 Å². The van der Waals surface area contributed by atoms with E-state index in [-0.39, 0.29) is 12.5 Å². The fourth-order valence-corrected chi connectivity index (χ4v) is 3.48. The predicted molar refractivity (Wildman–Crippen MR) is 119 cm³/mol. The van der Waals surface area contributed by atoms with E-state index in [4.69, 9.17) is 4.74 Å². The van der Waals surface area contributed by atoms with Gasteiger partial charge in [0.1, 0.15) is 0 Å². The molecule has 0 saturated carbocycles. The quantitative estimate of drug-likeness (QED) is 0.278. The fourth-order valence-electron chi connectivity index (χ4n) is 3.48. The molecule has 0 saturated heterocycles. The lowest BCUT2D eigenvalue weighted by Crippen LogP contribution is -2.05. The van der Waals surface area contributed by atoms with Crippen LogP contribution in [-0.2, 0) is 10.9 Å². The van der Waals surface area contributed by atoms with Gasteiger partial charge < -0.3 is 14.8 Å². The van der Waals surface area contributed by atoms with Crippen LogP contribution in [0.2, 0.25) is 0 Å². The molecule has 0 bridgehead atoms. The third kappa shape index (κ3) is 4.59. The highest BCUT2D eigenvalue weighted by atomic mass is 19.4. The standard InChI is InChI=1S/C25H19F3N2O3/c1-2-33-24(32)16-8-13-19-20(14-16)30-23(31)21(19)22(15-6-4-3-5-7-15)29-18-11-9-17(10-12-18)25(26,27)28/h3-14,30-31H,2H2,1H3. The summed E-state index contributed by atoms with van der Waals surface area (Å²) in [6, 6.07) is 18.3. The number of aromatic nitrogens is 1. The number of rotatable bonds is 5. The van der Waals surface area contributed by atoms with Crippen LogP contribution in [0.15, 0.2) is 77.8 Å². The molecule has 0 atom stereocenters. The number of halogens is 3. The highest BCUT2D eigenvalue weighted by Gasteiger charge is 2.30. The van der Waals surface area contributed by atoms with E-state index in [1.165, 1.54) is 12.1 Å². The van der Waals surface area contributed by atoms with Crippen LogP contribution in [0.4, 0.5) is 18.9 Å². The maximum atomic E-state index is 12.9. The Labute approximate surface area is 187 Å². The summed E-state index contributed by atoms with van der Waals surface area (Å²) in [5, 5.41) is 11.3. The fraction of sp³-hybridized carbons (Fsp3) is 0.120. The summed E-state index contributed by atoms with van der Waals surface area (Å²) >= 11 is 0. The molecule has 33 heavy (non-hydrogen) atoms. The number of aliphatic imine (C=N–C) groups is 1. The van der Waals surface area contributed by atoms with E-state index in [9.17, 15) is 23.1 Å². The second-order valence-electron chi connectivity index (χ2n) is 7.20. The van der Waals surface area contributed by atoms with Crippen molar-refractivity contribution in [3.8, 4) is 5.88 Å². The highest BCUT2D eigenvalue weighted by molar-refractivity contribution is 6.22. The minimum Gasteiger partial charge on any atom is -0.494 e. The lowest BCUT2D eigenvalue weighted by molar-refractivity contribution is -0.137. The monoisotopic (exact) mass is 452 g/mol. The number of esters is 1. The zero-order valence-corrected chi connectivity index (χ0v) is 17.5. The number of H-pyrrole nitrogens is 1. The van der Waals surface area contributed by atoms with Crippen molar-refractivity contribution in [2.45, 2.75) is 13.1 Å². The number of ether oxygens (including phenoxy) is 1. The zero-order valence-electron chi connectivity index (χ0n) is 17.5. The van der Waals surface area contributed by atoms with Crippen molar-refractivity contribution in [2.75, 3.05) is 6.61 Å². The molecule has 0 spiro atoms. The number of alkyl halides is 3. The van der Waals surface area contributed by atoms with Crippen molar-refractivity contribution in [3.05, 3.63) is 95.1 Å². The molecule has 0 aliphatic carbocycles. The van der Waals surface area contributed by atoms with Crippen molar-refractivity contribution >= 4 is 28.3 Å². The smallest absolute Gasteiger partial charge is 0.416 e. The maximum absolute atomic E-state index is 12.9. The molecule has 0 radical (unpaired) electrons. The molecule has 4 aromatic rings. The molecule has 0 aliphatic rings. The van der Waals surface area contributed by atoms with Crippen molar-refractivity contribution in [1.29, 1.82) is 0 Å². The second-order valence-corrected chi connectivity index (χ2v) is 7.20. The van der Waals surface area contributed by atoms with Crippen LogP contribution in [-0.4, -0.2) is 28.4 Å². The first kappa shape index (κ1) is 22.1. The lowest BCUT2D eigenvalue weighted by atomic mass is 10.00. The molecule has 1 heterocycles. The Kier molecular flexibility index (Phi) is 5.91. The number of nitrogens with one attached hydrogen (secondary N) is 1. The third-order valence-electron chi connectivity index (χ3n) is 5.01. The summed E-state index contributed by atoms with van der Waals surface area (Å²) < 4.78 is 43.8. The van der Waals surface area contributed by atoms with Gasteiger partial charge in [0.25, 0.3) is 0 Å². The van der Waals surface area contributed by atoms with Gasteiger partial charge in [-0.05, 0) is 43.3 Å². The normalized spacial score (nSPS) is 12.2. The first-order valence-corrected chi connectivity index (χ1v) is 10.1. The van der Waals surface area contributed by atoms with E-state index in [0.29, 0.717) is 39.0 Å². The van der Waals surface area contributed by atoms with Gasteiger partial charge in [0.2, 0.25) is 0 Å². The average molecular weight is 452 g/mol. The van der Waals surface area contributed by atoms with E-state index < -0.39 is 17.7 Å². The minimum absolute atomic E-state index is 0.180. The number of benzene rings is 3. The molecule has 4 rings (SSSR count). The molecule has 8 heteroatoms. The summed E-state index contributed by atoms with van der Waals surface area (Å²) in [5.74, 6) is -0.669. The van der Waals surface area contributed by atoms with Crippen molar-refractivity contribution in [1.82, 2.24) is 4.98 Å². The molecule has 2 N–H and O–H groups in total. The maximum Gasteiger partial charge on any atom is 0.416 e. The van der Waals surface area contributed by atoms with Gasteiger partial charge in [-0.3, -0.25) is 0 Å². The summed E-state index contributed by atoms with van der Waals surface area (Å²) in [6.45, 7) is 1.94. The van der Waals surface area contributed by atoms with Crippen LogP contribution < -0.4 is 0 Å². The van der Waals surface area contributed by atoms with Crippen LogP contribution >= 0.6 is 0 Å². The number of carbonyl (C=O) groups excluding carboxylic acids is 1. The van der Waals surface area contributed by atoms with Crippen LogP contribution in [0.25, 0.3) is 10.9 Å². The summed E-state index contributed by atoms with van der Waals surface area (Å²) in [4.78, 5) is 19.5. The van der Waals surface area contributed by atoms with E-state index in [1.54, 1.807) is 49.4 Å². The Morgan fingerprint density at radius 3 is 2.33 bits per heavy atom. The molecule has 168 valence electrons. The number of carbonyl (C=O) groups is 1. The Balaban J connectivity index is 1.86. The minimum atomic E-state index is -4.45. The van der Waals surface area contributed by atoms with Gasteiger partial charge in [-0.1, -0.05) is 36.4 Å². The number of nitrogens with zero attached hydrogens (tertiary/aromatic N) is 1. The summed E-state index contributed by atoms with van der Waals surface area (Å²) in [5.41, 5.74) is 1.71. The third-order valence-corrected chi connectivity index (χ3v) is 5.01. The molecule has 0 unspecified atom stereocenters. The predicted octanol–water partition coefficient (Wildman–Crippen LogP) is 6.24. The molecular weight excluding hydrogens is 433 g/mol. The highest BCUT2D eigenvalue weighted by Crippen LogP contribution is 2.34. The summed E-state index contributed by atoms with van der Waals surface area (Å²) in [6.07, 6.45) is -4.45. The van der Waals surface area contributed by atoms with E-state index in [0.717, 1.165) is 12.1 Å². The van der Waals surface area contributed by atoms with Gasteiger partial charge >= 0.3 is 12.1 Å². The SMILES string of the molecule is CCOC(=O)c1ccc2c(C(=Nc3ccc(C(F)(F)F)cc3)c3ccccc3)c(O)[nH]c2c1. The molecule has 3 aromatic carbocycles. The van der Waals surface area contributed by atoms with Crippen molar-refractivity contribution in [2.24, 2.45) is 4.99 Å². The molecule has 5 nitrogen and oxygen atoms in total. The van der Waals surface area contributed by atoms with Crippen LogP contribution in [0.3, 0.4) is 0 Å². The van der Waals surface area contributed by atoms with Gasteiger partial charge in [-0.25, -0.2) is 9.79 Å². The zero-order chi connectivity index (χ0) is 23.6. The number of aromatic hydroxyl groups is 1. The topological polar surface area (TPSA) is 74.7 Å². The largest absolute Gasteiger partial charge is 0.494 e. The molecular formula is C25H19F3N2O3. The van der Waals surface area contributed by atoms with Gasteiger partial charge in [0.15, 0.2) is 5.88 Å². The molecule has 1 aromatic heterocycles. The first-order valence-electron chi connectivity index (χ1n) is 10.1. The molecule has 0 amide bonds. The Morgan fingerprint density at radius 2 is 1.70 bits per heavy atom. The second kappa shape index (κ2) is 8.82. The van der Waals surface area contributed by atoms with Crippen LogP contribution in [0, 0.1) is 0 Å². The molecule has 0 aliphatic heterocycles. The average Bonchev–Trinajstić information content (AvgIpc) is 3.12. The lowest BCUT2D eigenvalue weighted by Gasteiger charge is -2.09. The Bertz CT molecular complexity index is 1330. The van der Waals surface area contributed by atoms with Crippen molar-refractivity contribution < 1.29 is 27.8 Å². The Hall–Kier alpha value is -4.07. The van der Waals surface area contributed by atoms with Crippen molar-refractivity contribution in [3.63, 3.8) is 0 Å². The summed E-state index contributed by atoms with van der Waals surface area (Å²) in [7, 11) is 0. The van der Waals surface area contributed by atoms with Crippen LogP contribution in [0.1, 0.15) is 34.0 Å². The van der Waals surface area contributed by atoms with E-state index >= 15 is 0 Å².